The summed E-state index contributed by atoms with van der Waals surface area (Å²) >= 11 is 0. The van der Waals surface area contributed by atoms with Gasteiger partial charge in [0.1, 0.15) is 5.75 Å². The Morgan fingerprint density at radius 1 is 1.17 bits per heavy atom. The summed E-state index contributed by atoms with van der Waals surface area (Å²) in [6.07, 6.45) is 5.45. The van der Waals surface area contributed by atoms with Gasteiger partial charge in [0.15, 0.2) is 6.61 Å². The van der Waals surface area contributed by atoms with E-state index in [4.69, 9.17) is 9.47 Å². The lowest BCUT2D eigenvalue weighted by Crippen LogP contribution is -2.23. The summed E-state index contributed by atoms with van der Waals surface area (Å²) in [7, 11) is 0. The van der Waals surface area contributed by atoms with Crippen LogP contribution in [0.2, 0.25) is 0 Å². The fourth-order valence-electron chi connectivity index (χ4n) is 4.04. The monoisotopic (exact) mass is 331 g/mol. The second-order valence-electron chi connectivity index (χ2n) is 6.81. The Morgan fingerprint density at radius 3 is 2.58 bits per heavy atom. The Balaban J connectivity index is 1.38. The molecule has 5 heteroatoms. The van der Waals surface area contributed by atoms with Gasteiger partial charge in [-0.2, -0.15) is 0 Å². The van der Waals surface area contributed by atoms with Crippen molar-refractivity contribution in [3.8, 4) is 5.75 Å². The predicted molar refractivity (Wildman–Crippen MR) is 90.8 cm³/mol. The molecule has 0 saturated heterocycles. The molecule has 0 unspecified atom stereocenters. The zero-order chi connectivity index (χ0) is 16.9. The van der Waals surface area contributed by atoms with Gasteiger partial charge in [0.05, 0.1) is 6.61 Å². The lowest BCUT2D eigenvalue weighted by molar-refractivity contribution is -0.148. The van der Waals surface area contributed by atoms with Gasteiger partial charge >= 0.3 is 5.97 Å². The molecule has 1 N–H and O–H groups in total. The van der Waals surface area contributed by atoms with Gasteiger partial charge in [0.25, 0.3) is 5.91 Å². The highest BCUT2D eigenvalue weighted by atomic mass is 16.5. The van der Waals surface area contributed by atoms with Crippen molar-refractivity contribution in [1.29, 1.82) is 0 Å². The Bertz CT molecular complexity index is 584. The van der Waals surface area contributed by atoms with E-state index in [1.54, 1.807) is 24.3 Å². The molecule has 0 radical (unpaired) electrons. The number of carbonyl (C=O) groups excluding carboxylic acids is 2. The van der Waals surface area contributed by atoms with Crippen LogP contribution in [0.4, 0.5) is 5.69 Å². The molecule has 2 fully saturated rings. The van der Waals surface area contributed by atoms with Crippen LogP contribution in [0.25, 0.3) is 0 Å². The number of rotatable bonds is 7. The maximum atomic E-state index is 11.9. The summed E-state index contributed by atoms with van der Waals surface area (Å²) in [5.74, 6) is 2.16. The van der Waals surface area contributed by atoms with Gasteiger partial charge in [0.2, 0.25) is 0 Å². The van der Waals surface area contributed by atoms with Crippen molar-refractivity contribution < 1.29 is 19.1 Å². The normalized spacial score (nSPS) is 24.6. The first-order valence-corrected chi connectivity index (χ1v) is 8.82. The van der Waals surface area contributed by atoms with Crippen LogP contribution in [0, 0.1) is 17.8 Å². The van der Waals surface area contributed by atoms with Crippen molar-refractivity contribution in [2.45, 2.75) is 39.0 Å². The van der Waals surface area contributed by atoms with Gasteiger partial charge in [-0.05, 0) is 68.2 Å². The number of benzene rings is 1. The summed E-state index contributed by atoms with van der Waals surface area (Å²) in [6.45, 7) is 2.29. The molecule has 2 aliphatic carbocycles. The van der Waals surface area contributed by atoms with Gasteiger partial charge in [-0.3, -0.25) is 9.59 Å². The van der Waals surface area contributed by atoms with Crippen molar-refractivity contribution in [2.24, 2.45) is 17.8 Å². The minimum absolute atomic E-state index is 0.229. The SMILES string of the molecule is CCOc1ccc(NC(=O)COC(=O)C[C@@H]2C[C@@H]3CC[C@@H]2C3)cc1. The van der Waals surface area contributed by atoms with Gasteiger partial charge in [-0.15, -0.1) is 0 Å². The van der Waals surface area contributed by atoms with Crippen LogP contribution in [-0.4, -0.2) is 25.1 Å². The molecule has 3 atom stereocenters. The standard InChI is InChI=1S/C19H25NO4/c1-2-23-17-7-5-16(6-8-17)20-18(21)12-24-19(22)11-15-10-13-3-4-14(15)9-13/h5-8,13-15H,2-4,9-12H2,1H3,(H,20,21)/t13-,14-,15+/m1/s1. The number of anilines is 1. The molecule has 2 saturated carbocycles. The second kappa shape index (κ2) is 7.69. The van der Waals surface area contributed by atoms with E-state index >= 15 is 0 Å². The summed E-state index contributed by atoms with van der Waals surface area (Å²) in [5, 5.41) is 2.72. The van der Waals surface area contributed by atoms with Crippen LogP contribution in [-0.2, 0) is 14.3 Å². The molecule has 1 aromatic rings. The second-order valence-corrected chi connectivity index (χ2v) is 6.81. The van der Waals surface area contributed by atoms with Gasteiger partial charge in [-0.1, -0.05) is 6.42 Å². The van der Waals surface area contributed by atoms with Crippen molar-refractivity contribution in [3.05, 3.63) is 24.3 Å². The van der Waals surface area contributed by atoms with Crippen LogP contribution in [0.5, 0.6) is 5.75 Å². The molecule has 1 aromatic carbocycles. The van der Waals surface area contributed by atoms with E-state index in [2.05, 4.69) is 5.32 Å². The zero-order valence-corrected chi connectivity index (χ0v) is 14.1. The quantitative estimate of drug-likeness (QED) is 0.778. The van der Waals surface area contributed by atoms with Crippen molar-refractivity contribution in [3.63, 3.8) is 0 Å². The lowest BCUT2D eigenvalue weighted by atomic mass is 9.86. The average Bonchev–Trinajstić information content (AvgIpc) is 3.18. The molecule has 2 aliphatic rings. The molecule has 1 amide bonds. The fourth-order valence-corrected chi connectivity index (χ4v) is 4.04. The molecular weight excluding hydrogens is 306 g/mol. The lowest BCUT2D eigenvalue weighted by Gasteiger charge is -2.20. The van der Waals surface area contributed by atoms with Crippen LogP contribution < -0.4 is 10.1 Å². The van der Waals surface area contributed by atoms with Crippen molar-refractivity contribution >= 4 is 17.6 Å². The van der Waals surface area contributed by atoms with Crippen molar-refractivity contribution in [1.82, 2.24) is 0 Å². The van der Waals surface area contributed by atoms with Crippen LogP contribution in [0.1, 0.15) is 39.0 Å². The van der Waals surface area contributed by atoms with Crippen LogP contribution >= 0.6 is 0 Å². The molecule has 130 valence electrons. The number of ether oxygens (including phenoxy) is 2. The molecular formula is C19H25NO4. The summed E-state index contributed by atoms with van der Waals surface area (Å²) in [5.41, 5.74) is 0.660. The zero-order valence-electron chi connectivity index (χ0n) is 14.1. The number of amides is 1. The number of fused-ring (bicyclic) bond motifs is 2. The highest BCUT2D eigenvalue weighted by Gasteiger charge is 2.40. The predicted octanol–water partition coefficient (Wildman–Crippen LogP) is 3.39. The number of nitrogens with one attached hydrogen (secondary N) is 1. The number of hydrogen-bond acceptors (Lipinski definition) is 4. The molecule has 0 aliphatic heterocycles. The highest BCUT2D eigenvalue weighted by Crippen LogP contribution is 2.49. The Kier molecular flexibility index (Phi) is 5.38. The minimum atomic E-state index is -0.319. The van der Waals surface area contributed by atoms with E-state index in [0.717, 1.165) is 18.1 Å². The maximum absolute atomic E-state index is 11.9. The summed E-state index contributed by atoms with van der Waals surface area (Å²) in [4.78, 5) is 23.8. The maximum Gasteiger partial charge on any atom is 0.306 e. The van der Waals surface area contributed by atoms with Crippen molar-refractivity contribution in [2.75, 3.05) is 18.5 Å². The van der Waals surface area contributed by atoms with Gasteiger partial charge in [-0.25, -0.2) is 0 Å². The molecule has 5 nitrogen and oxygen atoms in total. The largest absolute Gasteiger partial charge is 0.494 e. The van der Waals surface area contributed by atoms with Crippen LogP contribution in [0.15, 0.2) is 24.3 Å². The first-order chi connectivity index (χ1) is 11.6. The van der Waals surface area contributed by atoms with E-state index in [0.29, 0.717) is 30.6 Å². The molecule has 0 spiro atoms. The molecule has 24 heavy (non-hydrogen) atoms. The van der Waals surface area contributed by atoms with E-state index in [-0.39, 0.29) is 18.5 Å². The first kappa shape index (κ1) is 16.8. The number of hydrogen-bond donors (Lipinski definition) is 1. The third-order valence-electron chi connectivity index (χ3n) is 5.13. The molecule has 0 heterocycles. The molecule has 2 bridgehead atoms. The third kappa shape index (κ3) is 4.28. The van der Waals surface area contributed by atoms with Gasteiger partial charge in [0, 0.05) is 12.1 Å². The summed E-state index contributed by atoms with van der Waals surface area (Å²) in [6, 6.07) is 7.11. The van der Waals surface area contributed by atoms with Gasteiger partial charge < -0.3 is 14.8 Å². The average molecular weight is 331 g/mol. The fraction of sp³-hybridized carbons (Fsp3) is 0.579. The highest BCUT2D eigenvalue weighted by molar-refractivity contribution is 5.92. The number of esters is 1. The molecule has 3 rings (SSSR count). The third-order valence-corrected chi connectivity index (χ3v) is 5.13. The Labute approximate surface area is 142 Å². The minimum Gasteiger partial charge on any atom is -0.494 e. The Morgan fingerprint density at radius 2 is 1.96 bits per heavy atom. The van der Waals surface area contributed by atoms with Crippen LogP contribution in [0.3, 0.4) is 0 Å². The Hall–Kier alpha value is -2.04. The molecule has 0 aromatic heterocycles. The summed E-state index contributed by atoms with van der Waals surface area (Å²) < 4.78 is 10.5. The van der Waals surface area contributed by atoms with E-state index in [1.165, 1.54) is 19.3 Å². The topological polar surface area (TPSA) is 64.6 Å². The first-order valence-electron chi connectivity index (χ1n) is 8.82. The number of carbonyl (C=O) groups is 2. The van der Waals surface area contributed by atoms with E-state index in [1.807, 2.05) is 6.92 Å². The van der Waals surface area contributed by atoms with E-state index in [9.17, 15) is 9.59 Å². The van der Waals surface area contributed by atoms with E-state index < -0.39 is 0 Å². The smallest absolute Gasteiger partial charge is 0.306 e.